The van der Waals surface area contributed by atoms with Crippen molar-refractivity contribution in [1.82, 2.24) is 0 Å². The third-order valence-corrected chi connectivity index (χ3v) is 21.8. The van der Waals surface area contributed by atoms with Gasteiger partial charge in [-0.15, -0.1) is 0 Å². The highest BCUT2D eigenvalue weighted by atomic mass is 32.2. The number of anilines is 12. The Kier molecular flexibility index (Phi) is 13.0. The fourth-order valence-corrected chi connectivity index (χ4v) is 18.3. The van der Waals surface area contributed by atoms with Crippen LogP contribution in [-0.2, 0) is 0 Å². The van der Waals surface area contributed by atoms with Crippen molar-refractivity contribution in [2.45, 2.75) is 19.6 Å². The van der Waals surface area contributed by atoms with Crippen LogP contribution in [0.15, 0.2) is 359 Å². The van der Waals surface area contributed by atoms with Gasteiger partial charge in [0.2, 0.25) is 13.4 Å². The van der Waals surface area contributed by atoms with Crippen molar-refractivity contribution in [3.05, 3.63) is 340 Å². The maximum atomic E-state index is 2.69. The number of fused-ring (bicyclic) bond motifs is 10. The number of para-hydroxylation sites is 8. The van der Waals surface area contributed by atoms with E-state index in [2.05, 4.69) is 359 Å². The van der Waals surface area contributed by atoms with E-state index < -0.39 is 0 Å². The second-order valence-electron chi connectivity index (χ2n) is 24.6. The van der Waals surface area contributed by atoms with E-state index in [0.717, 1.165) is 45.5 Å². The quantitative estimate of drug-likeness (QED) is 0.0993. The first-order valence-electron chi connectivity index (χ1n) is 32.3. The van der Waals surface area contributed by atoms with E-state index in [9.17, 15) is 0 Å². The topological polar surface area (TPSA) is 13.0 Å². The van der Waals surface area contributed by atoms with Crippen LogP contribution in [0.2, 0.25) is 0 Å². The van der Waals surface area contributed by atoms with Crippen LogP contribution < -0.4 is 52.4 Å². The molecule has 4 heterocycles. The van der Waals surface area contributed by atoms with E-state index >= 15 is 0 Å². The molecule has 4 aliphatic rings. The number of nitrogens with zero attached hydrogens (tertiary/aromatic N) is 4. The van der Waals surface area contributed by atoms with Gasteiger partial charge in [-0.25, -0.2) is 0 Å². The molecule has 0 spiro atoms. The van der Waals surface area contributed by atoms with Crippen molar-refractivity contribution in [2.24, 2.45) is 0 Å². The Hall–Kier alpha value is -11.2. The highest BCUT2D eigenvalue weighted by Crippen LogP contribution is 2.55. The highest BCUT2D eigenvalue weighted by Gasteiger charge is 2.48. The number of rotatable bonds is 10. The van der Waals surface area contributed by atoms with E-state index in [0.29, 0.717) is 0 Å². The zero-order chi connectivity index (χ0) is 61.8. The van der Waals surface area contributed by atoms with Gasteiger partial charge >= 0.3 is 0 Å². The van der Waals surface area contributed by atoms with Crippen LogP contribution in [0.25, 0.3) is 43.8 Å². The fourth-order valence-electron chi connectivity index (χ4n) is 15.6. The zero-order valence-corrected chi connectivity index (χ0v) is 52.7. The normalized spacial score (nSPS) is 12.9. The van der Waals surface area contributed by atoms with Gasteiger partial charge in [0.1, 0.15) is 0 Å². The molecule has 15 aromatic carbocycles. The summed E-state index contributed by atoms with van der Waals surface area (Å²) in [6.45, 7) is -0.276. The molecule has 19 rings (SSSR count). The molecular formula is C86H56B2N4S2. The van der Waals surface area contributed by atoms with E-state index in [1.165, 1.54) is 119 Å². The lowest BCUT2D eigenvalue weighted by molar-refractivity contribution is 1.22. The molecule has 0 atom stereocenters. The maximum Gasteiger partial charge on any atom is 0.249 e. The van der Waals surface area contributed by atoms with Crippen LogP contribution in [0.3, 0.4) is 0 Å². The first kappa shape index (κ1) is 54.6. The SMILES string of the molecule is c1ccc(N(c2ccccc2)c2cc3c4c(c2)N(c2ccccc2)c2ccccc2B4c2cc4c(c(-c5ccccc5-c5c6ccccc6cc6ccccc56)c2S3)Sc2cc(N(c3ccccc3)c3ccccc3)cc3c2B4c2ccccc2N3c2ccccc2)cc1. The molecule has 4 aliphatic heterocycles. The largest absolute Gasteiger partial charge is 0.311 e. The van der Waals surface area contributed by atoms with Gasteiger partial charge in [-0.2, -0.15) is 0 Å². The van der Waals surface area contributed by atoms with Gasteiger partial charge in [-0.3, -0.25) is 0 Å². The number of hydrogen-bond donors (Lipinski definition) is 0. The van der Waals surface area contributed by atoms with E-state index in [4.69, 9.17) is 0 Å². The van der Waals surface area contributed by atoms with Crippen molar-refractivity contribution in [3.63, 3.8) is 0 Å². The third-order valence-electron chi connectivity index (χ3n) is 19.4. The molecular weight excluding hydrogens is 1170 g/mol. The molecule has 94 heavy (non-hydrogen) atoms. The summed E-state index contributed by atoms with van der Waals surface area (Å²) in [7, 11) is 0. The molecule has 0 bridgehead atoms. The molecule has 15 aromatic rings. The minimum Gasteiger partial charge on any atom is -0.311 e. The van der Waals surface area contributed by atoms with Gasteiger partial charge in [0.25, 0.3) is 0 Å². The molecule has 0 fully saturated rings. The molecule has 0 unspecified atom stereocenters. The number of hydrogen-bond acceptors (Lipinski definition) is 6. The monoisotopic (exact) mass is 1230 g/mol. The molecule has 0 aliphatic carbocycles. The number of benzene rings is 15. The highest BCUT2D eigenvalue weighted by molar-refractivity contribution is 8.01. The first-order valence-corrected chi connectivity index (χ1v) is 33.9. The van der Waals surface area contributed by atoms with E-state index in [1.54, 1.807) is 0 Å². The first-order chi connectivity index (χ1) is 46.7. The van der Waals surface area contributed by atoms with Gasteiger partial charge in [-0.05, 0) is 175 Å². The third kappa shape index (κ3) is 8.67. The average Bonchev–Trinajstić information content (AvgIpc) is 0.689. The Labute approximate surface area is 556 Å². The Bertz CT molecular complexity index is 5100. The molecule has 8 heteroatoms. The summed E-state index contributed by atoms with van der Waals surface area (Å²) in [6, 6.07) is 126. The van der Waals surface area contributed by atoms with Gasteiger partial charge in [0.05, 0.1) is 0 Å². The Morgan fingerprint density at radius 1 is 0.255 bits per heavy atom. The van der Waals surface area contributed by atoms with E-state index in [1.807, 2.05) is 23.5 Å². The van der Waals surface area contributed by atoms with E-state index in [-0.39, 0.29) is 13.4 Å². The molecule has 0 radical (unpaired) electrons. The van der Waals surface area contributed by atoms with Crippen molar-refractivity contribution in [2.75, 3.05) is 19.6 Å². The lowest BCUT2D eigenvalue weighted by Gasteiger charge is -2.44. The summed E-state index contributed by atoms with van der Waals surface area (Å²) in [5, 5.41) is 4.92. The predicted molar refractivity (Wildman–Crippen MR) is 402 cm³/mol. The van der Waals surface area contributed by atoms with Gasteiger partial charge < -0.3 is 19.6 Å². The Morgan fingerprint density at radius 2 is 0.596 bits per heavy atom. The Morgan fingerprint density at radius 3 is 1.01 bits per heavy atom. The lowest BCUT2D eigenvalue weighted by atomic mass is 9.31. The van der Waals surface area contributed by atoms with Crippen molar-refractivity contribution in [1.29, 1.82) is 0 Å². The van der Waals surface area contributed by atoms with Crippen LogP contribution in [0.4, 0.5) is 68.2 Å². The molecule has 0 saturated carbocycles. The van der Waals surface area contributed by atoms with Crippen LogP contribution >= 0.6 is 23.5 Å². The smallest absolute Gasteiger partial charge is 0.249 e. The van der Waals surface area contributed by atoms with Crippen LogP contribution in [0.5, 0.6) is 0 Å². The van der Waals surface area contributed by atoms with Crippen molar-refractivity contribution < 1.29 is 0 Å². The summed E-state index contributed by atoms with van der Waals surface area (Å²) in [4.78, 5) is 15.0. The molecule has 0 amide bonds. The lowest BCUT2D eigenvalue weighted by Crippen LogP contribution is -2.64. The molecule has 4 nitrogen and oxygen atoms in total. The predicted octanol–water partition coefficient (Wildman–Crippen LogP) is 19.8. The summed E-state index contributed by atoms with van der Waals surface area (Å²) in [5.41, 5.74) is 26.3. The minimum atomic E-state index is -0.138. The summed E-state index contributed by atoms with van der Waals surface area (Å²) < 4.78 is 0. The summed E-state index contributed by atoms with van der Waals surface area (Å²) in [6.07, 6.45) is 0. The second-order valence-corrected chi connectivity index (χ2v) is 26.7. The Balaban J connectivity index is 0.948. The van der Waals surface area contributed by atoms with Crippen LogP contribution in [0.1, 0.15) is 0 Å². The van der Waals surface area contributed by atoms with Crippen molar-refractivity contribution in [3.8, 4) is 22.3 Å². The minimum absolute atomic E-state index is 0.138. The van der Waals surface area contributed by atoms with Crippen LogP contribution in [-0.4, -0.2) is 13.4 Å². The van der Waals surface area contributed by atoms with Gasteiger partial charge in [0.15, 0.2) is 0 Å². The summed E-state index contributed by atoms with van der Waals surface area (Å²) >= 11 is 3.92. The van der Waals surface area contributed by atoms with Gasteiger partial charge in [-0.1, -0.05) is 259 Å². The zero-order valence-electron chi connectivity index (χ0n) is 51.1. The standard InChI is InChI=1S/C86H56B2N4S2/c1-7-31-59(32-8-1)89(60-33-9-2-10-34-60)65-52-77-83-79(54-65)93-85-73(87(83)71-47-25-27-49-75(71)91(77)63-39-15-5-16-40-63)56-74-86(82(85)70-46-24-23-45-69(70)81-67-43-21-19-29-57(67)51-58-30-20-22-44-68(58)81)94-80-55-66(90(61-35-11-3-12-36-61)62-37-13-4-14-38-62)53-78-84(80)88(74)72-48-26-28-50-76(72)92(78)64-41-17-6-18-42-64/h1-56H. The second kappa shape index (κ2) is 22.3. The van der Waals surface area contributed by atoms with Gasteiger partial charge in [0, 0.05) is 93.4 Å². The molecule has 0 aromatic heterocycles. The molecule has 438 valence electrons. The van der Waals surface area contributed by atoms with Crippen LogP contribution in [0, 0.1) is 0 Å². The summed E-state index contributed by atoms with van der Waals surface area (Å²) in [5.74, 6) is 0. The molecule has 0 saturated heterocycles. The fraction of sp³-hybridized carbons (Fsp3) is 0. The van der Waals surface area contributed by atoms with Crippen molar-refractivity contribution >= 4 is 160 Å². The average molecular weight is 1230 g/mol. The maximum absolute atomic E-state index is 2.69. The molecule has 0 N–H and O–H groups in total.